The number of hydrogen-bond donors (Lipinski definition) is 2. The van der Waals surface area contributed by atoms with Crippen LogP contribution in [-0.4, -0.2) is 11.8 Å². The van der Waals surface area contributed by atoms with Crippen molar-refractivity contribution in [3.63, 3.8) is 0 Å². The van der Waals surface area contributed by atoms with Crippen LogP contribution in [0, 0.1) is 12.7 Å². The molecule has 3 aromatic rings. The highest BCUT2D eigenvalue weighted by Gasteiger charge is 2.07. The summed E-state index contributed by atoms with van der Waals surface area (Å²) in [5, 5.41) is 5.72. The normalized spacial score (nSPS) is 10.5. The monoisotopic (exact) mass is 418 g/mol. The van der Waals surface area contributed by atoms with Gasteiger partial charge in [0.1, 0.15) is 5.82 Å². The van der Waals surface area contributed by atoms with Crippen LogP contribution in [0.2, 0.25) is 0 Å². The summed E-state index contributed by atoms with van der Waals surface area (Å²) in [6, 6.07) is 21.8. The zero-order chi connectivity index (χ0) is 22.1. The van der Waals surface area contributed by atoms with Gasteiger partial charge in [0.25, 0.3) is 0 Å². The van der Waals surface area contributed by atoms with E-state index in [0.29, 0.717) is 24.9 Å². The predicted octanol–water partition coefficient (Wildman–Crippen LogP) is 6.33. The number of rotatable bonds is 9. The molecule has 0 aromatic heterocycles. The molecule has 0 atom stereocenters. The zero-order valence-corrected chi connectivity index (χ0v) is 17.7. The number of carbonyl (C=O) groups excluding carboxylic acids is 2. The molecule has 0 spiro atoms. The van der Waals surface area contributed by atoms with Crippen molar-refractivity contribution in [1.82, 2.24) is 0 Å². The third-order valence-electron chi connectivity index (χ3n) is 5.04. The average Bonchev–Trinajstić information content (AvgIpc) is 2.77. The molecule has 0 fully saturated rings. The number of halogens is 1. The first-order chi connectivity index (χ1) is 15.0. The third-order valence-corrected chi connectivity index (χ3v) is 5.04. The van der Waals surface area contributed by atoms with Gasteiger partial charge in [-0.1, -0.05) is 42.8 Å². The summed E-state index contributed by atoms with van der Waals surface area (Å²) in [6.45, 7) is 1.99. The van der Waals surface area contributed by atoms with Gasteiger partial charge in [-0.25, -0.2) is 4.39 Å². The van der Waals surface area contributed by atoms with Crippen LogP contribution in [0.5, 0.6) is 0 Å². The van der Waals surface area contributed by atoms with E-state index in [2.05, 4.69) is 28.8 Å². The lowest BCUT2D eigenvalue weighted by Gasteiger charge is -2.11. The van der Waals surface area contributed by atoms with Crippen molar-refractivity contribution >= 4 is 23.2 Å². The largest absolute Gasteiger partial charge is 0.326 e. The van der Waals surface area contributed by atoms with Crippen molar-refractivity contribution in [1.29, 1.82) is 0 Å². The molecule has 0 aliphatic carbocycles. The summed E-state index contributed by atoms with van der Waals surface area (Å²) < 4.78 is 12.9. The highest BCUT2D eigenvalue weighted by Crippen LogP contribution is 2.25. The molecule has 2 amide bonds. The van der Waals surface area contributed by atoms with E-state index in [4.69, 9.17) is 0 Å². The third kappa shape index (κ3) is 7.07. The summed E-state index contributed by atoms with van der Waals surface area (Å²) in [7, 11) is 0. The van der Waals surface area contributed by atoms with Crippen molar-refractivity contribution in [2.45, 2.75) is 39.0 Å². The van der Waals surface area contributed by atoms with Crippen molar-refractivity contribution in [3.05, 3.63) is 84.2 Å². The molecule has 160 valence electrons. The van der Waals surface area contributed by atoms with Gasteiger partial charge in [-0.2, -0.15) is 0 Å². The van der Waals surface area contributed by atoms with Crippen LogP contribution in [0.3, 0.4) is 0 Å². The van der Waals surface area contributed by atoms with E-state index in [1.54, 1.807) is 0 Å². The fraction of sp³-hybridized carbons (Fsp3) is 0.231. The van der Waals surface area contributed by atoms with Gasteiger partial charge in [-0.05, 0) is 72.9 Å². The zero-order valence-electron chi connectivity index (χ0n) is 17.7. The first kappa shape index (κ1) is 22.2. The quantitative estimate of drug-likeness (QED) is 0.399. The molecule has 31 heavy (non-hydrogen) atoms. The molecular weight excluding hydrogens is 391 g/mol. The van der Waals surface area contributed by atoms with Gasteiger partial charge in [-0.15, -0.1) is 0 Å². The molecule has 2 N–H and O–H groups in total. The lowest BCUT2D eigenvalue weighted by Crippen LogP contribution is -2.13. The van der Waals surface area contributed by atoms with Crippen LogP contribution in [0.25, 0.3) is 11.1 Å². The summed E-state index contributed by atoms with van der Waals surface area (Å²) >= 11 is 0. The molecule has 5 heteroatoms. The Hall–Kier alpha value is -3.47. The van der Waals surface area contributed by atoms with Gasteiger partial charge < -0.3 is 10.6 Å². The fourth-order valence-corrected chi connectivity index (χ4v) is 3.33. The summed E-state index contributed by atoms with van der Waals surface area (Å²) in [6.07, 6.45) is 3.00. The number of amides is 2. The lowest BCUT2D eigenvalue weighted by atomic mass is 10.0. The van der Waals surface area contributed by atoms with Crippen LogP contribution in [0.4, 0.5) is 15.8 Å². The second-order valence-electron chi connectivity index (χ2n) is 7.56. The van der Waals surface area contributed by atoms with Crippen molar-refractivity contribution in [2.24, 2.45) is 0 Å². The SMILES string of the molecule is Cc1cc(-c2ccccc2)ccc1NC(=O)CCCCCC(=O)Nc1ccc(F)cc1. The molecule has 3 aromatic carbocycles. The molecule has 0 heterocycles. The molecule has 0 saturated carbocycles. The lowest BCUT2D eigenvalue weighted by molar-refractivity contribution is -0.116. The Morgan fingerprint density at radius 1 is 0.742 bits per heavy atom. The van der Waals surface area contributed by atoms with E-state index in [1.807, 2.05) is 37.3 Å². The van der Waals surface area contributed by atoms with Gasteiger partial charge >= 0.3 is 0 Å². The number of unbranched alkanes of at least 4 members (excludes halogenated alkanes) is 2. The maximum Gasteiger partial charge on any atom is 0.224 e. The molecule has 0 unspecified atom stereocenters. The molecule has 0 radical (unpaired) electrons. The number of benzene rings is 3. The standard InChI is InChI=1S/C26H27FN2O2/c1-19-18-21(20-8-4-2-5-9-20)12-17-24(19)29-26(31)11-7-3-6-10-25(30)28-23-15-13-22(27)14-16-23/h2,4-5,8-9,12-18H,3,6-7,10-11H2,1H3,(H,28,30)(H,29,31). The van der Waals surface area contributed by atoms with Crippen molar-refractivity contribution in [2.75, 3.05) is 10.6 Å². The van der Waals surface area contributed by atoms with Gasteiger partial charge in [0.15, 0.2) is 0 Å². The van der Waals surface area contributed by atoms with E-state index in [0.717, 1.165) is 35.2 Å². The second kappa shape index (κ2) is 11.1. The van der Waals surface area contributed by atoms with E-state index >= 15 is 0 Å². The second-order valence-corrected chi connectivity index (χ2v) is 7.56. The Morgan fingerprint density at radius 2 is 1.39 bits per heavy atom. The fourth-order valence-electron chi connectivity index (χ4n) is 3.33. The molecule has 0 aliphatic heterocycles. The topological polar surface area (TPSA) is 58.2 Å². The smallest absolute Gasteiger partial charge is 0.224 e. The molecular formula is C26H27FN2O2. The van der Waals surface area contributed by atoms with E-state index < -0.39 is 0 Å². The number of nitrogens with one attached hydrogen (secondary N) is 2. The Morgan fingerprint density at radius 3 is 2.03 bits per heavy atom. The molecule has 0 aliphatic rings. The number of anilines is 2. The summed E-state index contributed by atoms with van der Waals surface area (Å²) in [4.78, 5) is 24.2. The summed E-state index contributed by atoms with van der Waals surface area (Å²) in [5.41, 5.74) is 4.69. The Kier molecular flexibility index (Phi) is 7.93. The van der Waals surface area contributed by atoms with Gasteiger partial charge in [0.2, 0.25) is 11.8 Å². The Bertz CT molecular complexity index is 1020. The van der Waals surface area contributed by atoms with E-state index in [1.165, 1.54) is 24.3 Å². The highest BCUT2D eigenvalue weighted by molar-refractivity contribution is 5.92. The predicted molar refractivity (Wildman–Crippen MR) is 123 cm³/mol. The highest BCUT2D eigenvalue weighted by atomic mass is 19.1. The first-order valence-electron chi connectivity index (χ1n) is 10.5. The van der Waals surface area contributed by atoms with Gasteiger partial charge in [0.05, 0.1) is 0 Å². The summed E-state index contributed by atoms with van der Waals surface area (Å²) in [5.74, 6) is -0.463. The Labute approximate surface area is 182 Å². The molecule has 3 rings (SSSR count). The van der Waals surface area contributed by atoms with Crippen molar-refractivity contribution in [3.8, 4) is 11.1 Å². The first-order valence-corrected chi connectivity index (χ1v) is 10.5. The van der Waals surface area contributed by atoms with E-state index in [9.17, 15) is 14.0 Å². The van der Waals surface area contributed by atoms with Gasteiger partial charge in [0, 0.05) is 24.2 Å². The molecule has 0 saturated heterocycles. The van der Waals surface area contributed by atoms with Crippen LogP contribution < -0.4 is 10.6 Å². The average molecular weight is 419 g/mol. The van der Waals surface area contributed by atoms with Crippen LogP contribution >= 0.6 is 0 Å². The van der Waals surface area contributed by atoms with Gasteiger partial charge in [-0.3, -0.25) is 9.59 Å². The number of carbonyl (C=O) groups is 2. The Balaban J connectivity index is 1.36. The maximum atomic E-state index is 12.9. The minimum absolute atomic E-state index is 0.0219. The minimum atomic E-state index is -0.335. The molecule has 4 nitrogen and oxygen atoms in total. The van der Waals surface area contributed by atoms with Crippen LogP contribution in [0.15, 0.2) is 72.8 Å². The number of hydrogen-bond acceptors (Lipinski definition) is 2. The van der Waals surface area contributed by atoms with Crippen LogP contribution in [0.1, 0.15) is 37.7 Å². The maximum absolute atomic E-state index is 12.9. The van der Waals surface area contributed by atoms with Crippen LogP contribution in [-0.2, 0) is 9.59 Å². The number of aryl methyl sites for hydroxylation is 1. The minimum Gasteiger partial charge on any atom is -0.326 e. The molecule has 0 bridgehead atoms. The van der Waals surface area contributed by atoms with Crippen molar-refractivity contribution < 1.29 is 14.0 Å². The van der Waals surface area contributed by atoms with E-state index in [-0.39, 0.29) is 17.6 Å².